The smallest absolute Gasteiger partial charge is 0.310 e. The summed E-state index contributed by atoms with van der Waals surface area (Å²) in [5.41, 5.74) is 1.51. The molecule has 1 aromatic heterocycles. The first kappa shape index (κ1) is 20.9. The van der Waals surface area contributed by atoms with E-state index in [9.17, 15) is 22.4 Å². The van der Waals surface area contributed by atoms with Crippen LogP contribution in [0.1, 0.15) is 16.7 Å². The fourth-order valence-electron chi connectivity index (χ4n) is 2.78. The van der Waals surface area contributed by atoms with Crippen molar-refractivity contribution >= 4 is 23.4 Å². The van der Waals surface area contributed by atoms with Gasteiger partial charge in [0.2, 0.25) is 11.8 Å². The summed E-state index contributed by atoms with van der Waals surface area (Å²) in [5.74, 6) is -5.44. The van der Waals surface area contributed by atoms with Gasteiger partial charge in [-0.25, -0.2) is 13.2 Å². The Bertz CT molecular complexity index is 1120. The molecule has 152 valence electrons. The molecule has 0 saturated carbocycles. The average Bonchev–Trinajstić information content (AvgIpc) is 2.67. The first-order valence-electron chi connectivity index (χ1n) is 8.52. The highest BCUT2D eigenvalue weighted by Gasteiger charge is 2.15. The molecule has 2 aromatic carbocycles. The maximum absolute atomic E-state index is 13.9. The van der Waals surface area contributed by atoms with Gasteiger partial charge in [0.05, 0.1) is 6.54 Å². The second-order valence-electron chi connectivity index (χ2n) is 6.46. The van der Waals surface area contributed by atoms with Crippen LogP contribution in [0.2, 0.25) is 0 Å². The van der Waals surface area contributed by atoms with E-state index in [2.05, 4.69) is 10.3 Å². The van der Waals surface area contributed by atoms with Gasteiger partial charge in [0, 0.05) is 16.8 Å². The number of hydrogen-bond acceptors (Lipinski definition) is 4. The van der Waals surface area contributed by atoms with Crippen LogP contribution < -0.4 is 10.9 Å². The number of nitrogens with zero attached hydrogens (tertiary/aromatic N) is 2. The zero-order valence-electron chi connectivity index (χ0n) is 15.8. The van der Waals surface area contributed by atoms with E-state index in [-0.39, 0.29) is 18.1 Å². The normalized spacial score (nSPS) is 11.0. The molecule has 0 aliphatic heterocycles. The molecular formula is C20H17F4N3OS. The van der Waals surface area contributed by atoms with Crippen LogP contribution in [0.15, 0.2) is 40.2 Å². The molecule has 9 heteroatoms. The quantitative estimate of drug-likeness (QED) is 0.359. The minimum Gasteiger partial charge on any atom is -0.325 e. The summed E-state index contributed by atoms with van der Waals surface area (Å²) < 4.78 is 55.3. The molecule has 0 radical (unpaired) electrons. The number of rotatable bonds is 5. The number of nitrogens with one attached hydrogen (secondary N) is 1. The van der Waals surface area contributed by atoms with Crippen molar-refractivity contribution < 1.29 is 17.6 Å². The van der Waals surface area contributed by atoms with Crippen molar-refractivity contribution in [2.45, 2.75) is 25.3 Å². The number of halogens is 4. The molecule has 0 aliphatic carbocycles. The van der Waals surface area contributed by atoms with E-state index in [1.165, 1.54) is 16.3 Å². The van der Waals surface area contributed by atoms with Crippen molar-refractivity contribution in [2.75, 3.05) is 11.6 Å². The van der Waals surface area contributed by atoms with E-state index in [4.69, 9.17) is 0 Å². The summed E-state index contributed by atoms with van der Waals surface area (Å²) in [6.45, 7) is 3.56. The van der Waals surface area contributed by atoms with Gasteiger partial charge in [0.25, 0.3) is 0 Å². The monoisotopic (exact) mass is 423 g/mol. The van der Waals surface area contributed by atoms with Gasteiger partial charge < -0.3 is 9.88 Å². The van der Waals surface area contributed by atoms with Crippen LogP contribution in [0.5, 0.6) is 0 Å². The van der Waals surface area contributed by atoms with Crippen molar-refractivity contribution in [1.29, 1.82) is 0 Å². The molecule has 0 unspecified atom stereocenters. The molecule has 3 aromatic rings. The third kappa shape index (κ3) is 4.45. The van der Waals surface area contributed by atoms with Gasteiger partial charge in [0.1, 0.15) is 0 Å². The lowest BCUT2D eigenvalue weighted by Crippen LogP contribution is -2.20. The molecule has 29 heavy (non-hydrogen) atoms. The summed E-state index contributed by atoms with van der Waals surface area (Å²) >= 11 is 1.53. The van der Waals surface area contributed by atoms with Crippen molar-refractivity contribution in [2.24, 2.45) is 0 Å². The Morgan fingerprint density at radius 2 is 1.69 bits per heavy atom. The lowest BCUT2D eigenvalue weighted by Gasteiger charge is -2.17. The number of thioether (sulfide) groups is 1. The molecule has 0 bridgehead atoms. The minimum atomic E-state index is -1.59. The Hall–Kier alpha value is -2.81. The van der Waals surface area contributed by atoms with Gasteiger partial charge in [-0.1, -0.05) is 0 Å². The van der Waals surface area contributed by atoms with Crippen LogP contribution >= 0.6 is 11.8 Å². The zero-order valence-corrected chi connectivity index (χ0v) is 16.6. The second-order valence-corrected chi connectivity index (χ2v) is 7.34. The Morgan fingerprint density at radius 3 is 2.31 bits per heavy atom. The van der Waals surface area contributed by atoms with E-state index < -0.39 is 28.8 Å². The third-order valence-corrected chi connectivity index (χ3v) is 5.18. The minimum absolute atomic E-state index is 0.0118. The molecule has 4 nitrogen and oxygen atoms in total. The Balaban J connectivity index is 2.06. The fraction of sp³-hybridized carbons (Fsp3) is 0.200. The molecule has 0 spiro atoms. The predicted octanol–water partition coefficient (Wildman–Crippen LogP) is 4.93. The van der Waals surface area contributed by atoms with Crippen LogP contribution in [-0.2, 0) is 6.54 Å². The molecule has 0 fully saturated rings. The average molecular weight is 423 g/mol. The lowest BCUT2D eigenvalue weighted by atomic mass is 10.1. The van der Waals surface area contributed by atoms with Gasteiger partial charge in [0.15, 0.2) is 17.5 Å². The van der Waals surface area contributed by atoms with E-state index in [1.54, 1.807) is 0 Å². The van der Waals surface area contributed by atoms with E-state index in [1.807, 2.05) is 32.2 Å². The van der Waals surface area contributed by atoms with Crippen LogP contribution in [0.25, 0.3) is 0 Å². The summed E-state index contributed by atoms with van der Waals surface area (Å²) in [5, 5.41) is 3.00. The van der Waals surface area contributed by atoms with Crippen LogP contribution in [0, 0.1) is 37.1 Å². The fourth-order valence-corrected chi connectivity index (χ4v) is 3.31. The number of anilines is 2. The van der Waals surface area contributed by atoms with E-state index in [0.717, 1.165) is 34.4 Å². The molecule has 3 rings (SSSR count). The number of benzene rings is 2. The number of aryl methyl sites for hydroxylation is 1. The Morgan fingerprint density at radius 1 is 1.03 bits per heavy atom. The van der Waals surface area contributed by atoms with Crippen molar-refractivity contribution in [3.05, 3.63) is 80.8 Å². The van der Waals surface area contributed by atoms with Gasteiger partial charge in [-0.2, -0.15) is 9.37 Å². The van der Waals surface area contributed by atoms with Crippen LogP contribution in [-0.4, -0.2) is 15.8 Å². The third-order valence-electron chi connectivity index (χ3n) is 4.47. The zero-order chi connectivity index (χ0) is 21.3. The largest absolute Gasteiger partial charge is 0.325 e. The van der Waals surface area contributed by atoms with E-state index >= 15 is 0 Å². The highest BCUT2D eigenvalue weighted by Crippen LogP contribution is 2.28. The summed E-state index contributed by atoms with van der Waals surface area (Å²) in [6, 6.07) is 5.47. The standard InChI is InChI=1S/C20H17F4N3OS/c1-10-4-13(29-3)7-17(11(10)2)25-20-26-19(28)16(23)9-27(20)8-12-5-14(21)18(24)15(22)6-12/h4-7,9H,8H2,1-3H3,(H,25,26,28). The number of hydrogen-bond donors (Lipinski definition) is 1. The molecule has 1 heterocycles. The molecular weight excluding hydrogens is 406 g/mol. The number of aromatic nitrogens is 2. The van der Waals surface area contributed by atoms with Gasteiger partial charge in [-0.15, -0.1) is 11.8 Å². The molecule has 0 atom stereocenters. The molecule has 0 amide bonds. The van der Waals surface area contributed by atoms with Gasteiger partial charge in [-0.3, -0.25) is 4.79 Å². The van der Waals surface area contributed by atoms with Crippen LogP contribution in [0.3, 0.4) is 0 Å². The lowest BCUT2D eigenvalue weighted by molar-refractivity contribution is 0.444. The maximum Gasteiger partial charge on any atom is 0.310 e. The highest BCUT2D eigenvalue weighted by atomic mass is 32.2. The Labute approximate surface area is 168 Å². The molecule has 0 aliphatic rings. The first-order valence-corrected chi connectivity index (χ1v) is 9.74. The van der Waals surface area contributed by atoms with Crippen molar-refractivity contribution in [3.8, 4) is 0 Å². The topological polar surface area (TPSA) is 46.9 Å². The summed E-state index contributed by atoms with van der Waals surface area (Å²) in [6.07, 6.45) is 2.80. The highest BCUT2D eigenvalue weighted by molar-refractivity contribution is 7.98. The molecule has 1 N–H and O–H groups in total. The second kappa shape index (κ2) is 8.28. The van der Waals surface area contributed by atoms with Gasteiger partial charge >= 0.3 is 5.56 Å². The molecule has 0 saturated heterocycles. The predicted molar refractivity (Wildman–Crippen MR) is 105 cm³/mol. The Kier molecular flexibility index (Phi) is 5.97. The summed E-state index contributed by atoms with van der Waals surface area (Å²) in [4.78, 5) is 16.4. The van der Waals surface area contributed by atoms with Crippen molar-refractivity contribution in [1.82, 2.24) is 9.55 Å². The maximum atomic E-state index is 13.9. The van der Waals surface area contributed by atoms with Crippen LogP contribution in [0.4, 0.5) is 29.2 Å². The first-order chi connectivity index (χ1) is 13.7. The summed E-state index contributed by atoms with van der Waals surface area (Å²) in [7, 11) is 0. The van der Waals surface area contributed by atoms with Gasteiger partial charge in [-0.05, 0) is 61.1 Å². The van der Waals surface area contributed by atoms with E-state index in [0.29, 0.717) is 5.69 Å². The SMILES string of the molecule is CSc1cc(C)c(C)c(Nc2nc(=O)c(F)cn2Cc2cc(F)c(F)c(F)c2)c1. The van der Waals surface area contributed by atoms with Crippen molar-refractivity contribution in [3.63, 3.8) is 0 Å².